The van der Waals surface area contributed by atoms with Crippen LogP contribution >= 0.6 is 40.5 Å². The van der Waals surface area contributed by atoms with E-state index in [-0.39, 0.29) is 76.0 Å². The summed E-state index contributed by atoms with van der Waals surface area (Å²) in [7, 11) is 4.89. The summed E-state index contributed by atoms with van der Waals surface area (Å²) in [5.74, 6) is 3.68. The van der Waals surface area contributed by atoms with Crippen LogP contribution in [0.3, 0.4) is 0 Å². The standard InChI is InChI=1S/C24H24N6O.2C23H23N7O.3H2S/c1-15(18-5-4-6-19-20(24(31)25-3)9-10-26-23(18)19)12-28-22-11-21(29-14-30-22)17-8-7-16(2)27-13-17;2*1-14(17-5-4-6-18-19(23(31)24-3)7-8-25-22(17)18)10-28-21-9-20(29-13-30-21)16-11-26-15(2)27-12-16;;;/h4-11,13-15H,12H2,1-3H3,(H,25,31)(H,28,29,30);2*4-9,11-14H,10H2,1-3H3,(H,24,31)(H,28,29,30);3*1H2/t15-;2*14-;;;/m111.../s1. The molecule has 9 aromatic heterocycles. The summed E-state index contributed by atoms with van der Waals surface area (Å²) in [6.07, 6.45) is 18.5. The van der Waals surface area contributed by atoms with Gasteiger partial charge in [-0.1, -0.05) is 75.4 Å². The van der Waals surface area contributed by atoms with E-state index in [1.54, 1.807) is 89.0 Å². The van der Waals surface area contributed by atoms with Crippen molar-refractivity contribution in [2.45, 2.75) is 59.3 Å². The Balaban J connectivity index is 0.000000200. The third kappa shape index (κ3) is 17.7. The molecule has 0 aliphatic rings. The highest BCUT2D eigenvalue weighted by Gasteiger charge is 2.19. The number of amides is 3. The molecule has 0 spiro atoms. The van der Waals surface area contributed by atoms with Crippen molar-refractivity contribution in [1.82, 2.24) is 85.7 Å². The van der Waals surface area contributed by atoms with E-state index in [1.165, 1.54) is 12.7 Å². The average molecular weight is 1340 g/mol. The Labute approximate surface area is 577 Å². The molecule has 3 amide bonds. The monoisotopic (exact) mass is 1340 g/mol. The zero-order valence-corrected chi connectivity index (χ0v) is 57.5. The number of pyridine rings is 4. The summed E-state index contributed by atoms with van der Waals surface area (Å²) < 4.78 is 0. The van der Waals surface area contributed by atoms with Crippen molar-refractivity contribution in [3.63, 3.8) is 0 Å². The number of fused-ring (bicyclic) bond motifs is 3. The van der Waals surface area contributed by atoms with E-state index in [0.717, 1.165) is 106 Å². The van der Waals surface area contributed by atoms with Crippen molar-refractivity contribution in [1.29, 1.82) is 0 Å². The number of anilines is 3. The number of rotatable bonds is 18. The molecule has 0 aliphatic heterocycles. The smallest absolute Gasteiger partial charge is 0.251 e. The van der Waals surface area contributed by atoms with Gasteiger partial charge in [-0.25, -0.2) is 49.8 Å². The van der Waals surface area contributed by atoms with Crippen LogP contribution in [0, 0.1) is 20.8 Å². The summed E-state index contributed by atoms with van der Waals surface area (Å²) in [6, 6.07) is 32.7. The fraction of sp³-hybridized carbons (Fsp3) is 0.214. The fourth-order valence-electron chi connectivity index (χ4n) is 10.4. The van der Waals surface area contributed by atoms with Gasteiger partial charge in [0.05, 0.1) is 50.3 Å². The number of hydrogen-bond donors (Lipinski definition) is 6. The minimum Gasteiger partial charge on any atom is -0.369 e. The van der Waals surface area contributed by atoms with Gasteiger partial charge in [0.25, 0.3) is 17.7 Å². The van der Waals surface area contributed by atoms with Crippen molar-refractivity contribution in [3.05, 3.63) is 222 Å². The average Bonchev–Trinajstić information content (AvgIpc) is 0.807. The van der Waals surface area contributed by atoms with E-state index >= 15 is 0 Å². The van der Waals surface area contributed by atoms with Gasteiger partial charge in [0.2, 0.25) is 0 Å². The molecule has 0 saturated carbocycles. The topological polar surface area (TPSA) is 304 Å². The molecular formula is C70H76N20O3S3. The van der Waals surface area contributed by atoms with Gasteiger partial charge < -0.3 is 31.9 Å². The van der Waals surface area contributed by atoms with Crippen molar-refractivity contribution < 1.29 is 14.4 Å². The molecule has 26 heteroatoms. The molecule has 0 bridgehead atoms. The number of aromatic nitrogens is 14. The molecule has 492 valence electrons. The van der Waals surface area contributed by atoms with Gasteiger partial charge in [0, 0.05) is 165 Å². The van der Waals surface area contributed by atoms with Crippen LogP contribution in [0.5, 0.6) is 0 Å². The highest BCUT2D eigenvalue weighted by atomic mass is 32.1. The molecular weight excluding hydrogens is 1270 g/mol. The van der Waals surface area contributed by atoms with Crippen molar-refractivity contribution in [2.24, 2.45) is 0 Å². The maximum absolute atomic E-state index is 12.2. The predicted molar refractivity (Wildman–Crippen MR) is 393 cm³/mol. The number of benzene rings is 3. The molecule has 12 rings (SSSR count). The van der Waals surface area contributed by atoms with Gasteiger partial charge in [-0.15, -0.1) is 0 Å². The number of nitrogens with one attached hydrogen (secondary N) is 6. The lowest BCUT2D eigenvalue weighted by atomic mass is 9.96. The maximum Gasteiger partial charge on any atom is 0.251 e. The van der Waals surface area contributed by atoms with Crippen molar-refractivity contribution in [3.8, 4) is 33.8 Å². The lowest BCUT2D eigenvalue weighted by Crippen LogP contribution is -2.18. The first-order valence-corrected chi connectivity index (χ1v) is 30.2. The first kappa shape index (κ1) is 72.7. The van der Waals surface area contributed by atoms with Crippen LogP contribution in [0.2, 0.25) is 0 Å². The van der Waals surface area contributed by atoms with Gasteiger partial charge in [-0.2, -0.15) is 40.5 Å². The Hall–Kier alpha value is -10.7. The van der Waals surface area contributed by atoms with Crippen LogP contribution in [0.1, 0.15) is 104 Å². The van der Waals surface area contributed by atoms with E-state index in [9.17, 15) is 14.4 Å². The number of nitrogens with zero attached hydrogens (tertiary/aromatic N) is 14. The van der Waals surface area contributed by atoms with Gasteiger partial charge in [-0.3, -0.25) is 34.3 Å². The highest BCUT2D eigenvalue weighted by Crippen LogP contribution is 2.31. The second-order valence-corrected chi connectivity index (χ2v) is 22.0. The molecule has 3 aromatic carbocycles. The molecule has 9 heterocycles. The largest absolute Gasteiger partial charge is 0.369 e. The number of carbonyl (C=O) groups is 3. The van der Waals surface area contributed by atoms with Crippen LogP contribution in [0.25, 0.3) is 66.5 Å². The third-order valence-corrected chi connectivity index (χ3v) is 15.5. The van der Waals surface area contributed by atoms with Gasteiger partial charge in [-0.05, 0) is 67.8 Å². The fourth-order valence-corrected chi connectivity index (χ4v) is 10.4. The Morgan fingerprint density at radius 1 is 0.365 bits per heavy atom. The van der Waals surface area contributed by atoms with Gasteiger partial charge >= 0.3 is 0 Å². The van der Waals surface area contributed by atoms with E-state index in [2.05, 4.69) is 129 Å². The molecule has 12 aromatic rings. The van der Waals surface area contributed by atoms with Crippen molar-refractivity contribution >= 4 is 108 Å². The molecule has 23 nitrogen and oxygen atoms in total. The van der Waals surface area contributed by atoms with E-state index < -0.39 is 0 Å². The lowest BCUT2D eigenvalue weighted by molar-refractivity contribution is 0.0956. The molecule has 3 atom stereocenters. The minimum atomic E-state index is -0.121. The Bertz CT molecular complexity index is 4150. The molecule has 0 aliphatic carbocycles. The summed E-state index contributed by atoms with van der Waals surface area (Å²) in [4.78, 5) is 97.5. The summed E-state index contributed by atoms with van der Waals surface area (Å²) >= 11 is 0. The second kappa shape index (κ2) is 34.5. The highest BCUT2D eigenvalue weighted by molar-refractivity contribution is 7.59. The molecule has 6 N–H and O–H groups in total. The number of hydrogen-bond acceptors (Lipinski definition) is 20. The Morgan fingerprint density at radius 2 is 0.677 bits per heavy atom. The molecule has 0 fully saturated rings. The third-order valence-electron chi connectivity index (χ3n) is 15.5. The predicted octanol–water partition coefficient (Wildman–Crippen LogP) is 11.0. The summed E-state index contributed by atoms with van der Waals surface area (Å²) in [6.45, 7) is 14.0. The van der Waals surface area contributed by atoms with Gasteiger partial charge in [0.15, 0.2) is 0 Å². The molecule has 0 radical (unpaired) electrons. The van der Waals surface area contributed by atoms with E-state index in [0.29, 0.717) is 48.0 Å². The van der Waals surface area contributed by atoms with Crippen LogP contribution in [0.15, 0.2) is 172 Å². The minimum absolute atomic E-state index is 0. The molecule has 0 unspecified atom stereocenters. The SMILES string of the molecule is CNC(=O)c1ccnc2c([C@H](C)CNc3cc(-c4ccc(C)nc4)ncn3)cccc12.CNC(=O)c1ccnc2c([C@H](C)CNc3cc(-c4cnc(C)nc4)ncn3)cccc12.CNC(=O)c1ccnc2c([C@H](C)CNc3cc(-c4cnc(C)nc4)ncn3)cccc12.S.S.S. The quantitative estimate of drug-likeness (QED) is 0.0465. The normalized spacial score (nSPS) is 11.5. The second-order valence-electron chi connectivity index (χ2n) is 22.0. The first-order valence-electron chi connectivity index (χ1n) is 30.2. The van der Waals surface area contributed by atoms with E-state index in [1.807, 2.05) is 106 Å². The first-order chi connectivity index (χ1) is 45.2. The Morgan fingerprint density at radius 3 is 0.979 bits per heavy atom. The lowest BCUT2D eigenvalue weighted by Gasteiger charge is -2.16. The van der Waals surface area contributed by atoms with Crippen LogP contribution < -0.4 is 31.9 Å². The van der Waals surface area contributed by atoms with Crippen molar-refractivity contribution in [2.75, 3.05) is 56.7 Å². The number of para-hydroxylation sites is 3. The zero-order valence-electron chi connectivity index (χ0n) is 54.5. The van der Waals surface area contributed by atoms with Crippen LogP contribution in [-0.4, -0.2) is 128 Å². The van der Waals surface area contributed by atoms with Gasteiger partial charge in [0.1, 0.15) is 48.1 Å². The number of carbonyl (C=O) groups excluding carboxylic acids is 3. The Kier molecular flexibility index (Phi) is 26.1. The maximum atomic E-state index is 12.2. The molecule has 96 heavy (non-hydrogen) atoms. The number of aryl methyl sites for hydroxylation is 3. The zero-order chi connectivity index (χ0) is 65.4. The van der Waals surface area contributed by atoms with Crippen LogP contribution in [-0.2, 0) is 0 Å². The molecule has 0 saturated heterocycles. The van der Waals surface area contributed by atoms with Crippen LogP contribution in [0.4, 0.5) is 17.5 Å². The van der Waals surface area contributed by atoms with E-state index in [4.69, 9.17) is 0 Å². The summed E-state index contributed by atoms with van der Waals surface area (Å²) in [5.41, 5.74) is 13.5. The summed E-state index contributed by atoms with van der Waals surface area (Å²) in [5, 5.41) is 20.8.